The third-order valence-electron chi connectivity index (χ3n) is 8.67. The third-order valence-corrected chi connectivity index (χ3v) is 10.9. The number of rotatable bonds is 12. The summed E-state index contributed by atoms with van der Waals surface area (Å²) < 4.78 is 34.2. The molecular weight excluding hydrogens is 628 g/mol. The van der Waals surface area contributed by atoms with Gasteiger partial charge >= 0.3 is 0 Å². The van der Waals surface area contributed by atoms with Gasteiger partial charge in [-0.25, -0.2) is 4.39 Å². The number of halogens is 1. The molecular formula is C38H35FN4S3. The molecule has 7 rings (SSSR count). The van der Waals surface area contributed by atoms with Gasteiger partial charge in [0.05, 0.1) is 23.1 Å². The van der Waals surface area contributed by atoms with Crippen LogP contribution in [0.1, 0.15) is 63.5 Å². The summed E-state index contributed by atoms with van der Waals surface area (Å²) in [6.45, 7) is 4.42. The minimum Gasteiger partial charge on any atom is -0.206 e. The normalized spacial score (nSPS) is 12.2. The fourth-order valence-corrected chi connectivity index (χ4v) is 8.33. The molecule has 0 radical (unpaired) electrons. The Labute approximate surface area is 281 Å². The Morgan fingerprint density at radius 2 is 1.17 bits per heavy atom. The van der Waals surface area contributed by atoms with Crippen LogP contribution in [0.15, 0.2) is 87.6 Å². The Morgan fingerprint density at radius 3 is 1.87 bits per heavy atom. The average Bonchev–Trinajstić information content (AvgIpc) is 3.87. The van der Waals surface area contributed by atoms with Gasteiger partial charge in [-0.05, 0) is 71.7 Å². The summed E-state index contributed by atoms with van der Waals surface area (Å²) in [7, 11) is 0. The molecule has 0 unspecified atom stereocenters. The minimum atomic E-state index is -0.179. The Bertz CT molecular complexity index is 2070. The van der Waals surface area contributed by atoms with E-state index in [2.05, 4.69) is 56.3 Å². The van der Waals surface area contributed by atoms with Crippen LogP contribution in [-0.4, -0.2) is 8.75 Å². The fraction of sp³-hybridized carbons (Fsp3) is 0.263. The lowest BCUT2D eigenvalue weighted by Crippen LogP contribution is -1.91. The highest BCUT2D eigenvalue weighted by molar-refractivity contribution is 7.58. The number of hydrogen-bond donors (Lipinski definition) is 0. The maximum atomic E-state index is 15.2. The standard InChI is InChI=1S/C38H35FN4S3/c1-3-5-7-9-24-11-14-27(15-12-24)31-21-22-32(44-31)34-37-35(40-45-42-37)33(36-38(34)43-46-41-36)28-18-16-26(17-19-28)29-20-13-25(23-30(29)39)10-8-6-4-2/h11-23H,3-10H2,1-2H3. The van der Waals surface area contributed by atoms with Crippen LogP contribution >= 0.6 is 23.1 Å². The largest absolute Gasteiger partial charge is 0.206 e. The molecule has 0 fully saturated rings. The van der Waals surface area contributed by atoms with E-state index in [-0.39, 0.29) is 5.82 Å². The third kappa shape index (κ3) is 6.14. The lowest BCUT2D eigenvalue weighted by molar-refractivity contribution is 0.626. The van der Waals surface area contributed by atoms with Crippen LogP contribution in [0.4, 0.5) is 15.8 Å². The maximum absolute atomic E-state index is 15.2. The SMILES string of the molecule is CCCCCc1ccc(-c2ccc(-c3c4c(c(-c5ccc(-c6ccc(CCCCC)cc6F)cc5)c5nsnc35)N=S=N4)s2)cc1. The monoisotopic (exact) mass is 662 g/mol. The number of aromatic nitrogens is 2. The first-order chi connectivity index (χ1) is 22.6. The smallest absolute Gasteiger partial charge is 0.131 e. The van der Waals surface area contributed by atoms with E-state index in [1.54, 1.807) is 17.4 Å². The average molecular weight is 663 g/mol. The van der Waals surface area contributed by atoms with Crippen molar-refractivity contribution in [2.45, 2.75) is 65.2 Å². The number of hydrogen-bond acceptors (Lipinski definition) is 6. The molecule has 0 spiro atoms. The van der Waals surface area contributed by atoms with Crippen molar-refractivity contribution < 1.29 is 4.39 Å². The molecule has 0 aliphatic carbocycles. The summed E-state index contributed by atoms with van der Waals surface area (Å²) in [4.78, 5) is 2.32. The Balaban J connectivity index is 1.20. The predicted molar refractivity (Wildman–Crippen MR) is 195 cm³/mol. The first-order valence-corrected chi connectivity index (χ1v) is 18.4. The minimum absolute atomic E-state index is 0.179. The molecule has 2 aromatic heterocycles. The lowest BCUT2D eigenvalue weighted by atomic mass is 9.94. The summed E-state index contributed by atoms with van der Waals surface area (Å²) in [6, 6.07) is 27.0. The molecule has 0 saturated heterocycles. The van der Waals surface area contributed by atoms with E-state index >= 15 is 4.39 Å². The zero-order valence-corrected chi connectivity index (χ0v) is 28.5. The van der Waals surface area contributed by atoms with Crippen molar-refractivity contribution in [1.82, 2.24) is 8.75 Å². The Morgan fingerprint density at radius 1 is 0.587 bits per heavy atom. The van der Waals surface area contributed by atoms with Gasteiger partial charge in [-0.3, -0.25) is 0 Å². The van der Waals surface area contributed by atoms with E-state index in [1.807, 2.05) is 30.3 Å². The van der Waals surface area contributed by atoms with Gasteiger partial charge in [-0.2, -0.15) is 17.5 Å². The van der Waals surface area contributed by atoms with Crippen LogP contribution in [0.5, 0.6) is 0 Å². The van der Waals surface area contributed by atoms with E-state index in [1.165, 1.54) is 58.3 Å². The zero-order valence-electron chi connectivity index (χ0n) is 26.1. The molecule has 4 nitrogen and oxygen atoms in total. The van der Waals surface area contributed by atoms with Crippen molar-refractivity contribution in [1.29, 1.82) is 0 Å². The van der Waals surface area contributed by atoms with Gasteiger partial charge < -0.3 is 0 Å². The number of thiophene rings is 1. The number of benzene rings is 4. The van der Waals surface area contributed by atoms with Crippen molar-refractivity contribution in [3.63, 3.8) is 0 Å². The van der Waals surface area contributed by atoms with Gasteiger partial charge in [0, 0.05) is 26.4 Å². The number of fused-ring (bicyclic) bond motifs is 2. The second-order valence-corrected chi connectivity index (χ2v) is 14.0. The molecule has 0 saturated carbocycles. The molecule has 4 aromatic carbocycles. The summed E-state index contributed by atoms with van der Waals surface area (Å²) in [5.74, 6) is -0.179. The van der Waals surface area contributed by atoms with Crippen LogP contribution in [0, 0.1) is 5.82 Å². The van der Waals surface area contributed by atoms with E-state index in [4.69, 9.17) is 17.5 Å². The van der Waals surface area contributed by atoms with Crippen molar-refractivity contribution in [2.24, 2.45) is 8.73 Å². The topological polar surface area (TPSA) is 50.5 Å². The molecule has 0 N–H and O–H groups in total. The molecule has 8 heteroatoms. The summed E-state index contributed by atoms with van der Waals surface area (Å²) >= 11 is 4.17. The van der Waals surface area contributed by atoms with Crippen LogP contribution in [0.2, 0.25) is 0 Å². The molecule has 6 aromatic rings. The fourth-order valence-electron chi connectivity index (χ4n) is 6.15. The van der Waals surface area contributed by atoms with Crippen molar-refractivity contribution >= 4 is 56.8 Å². The van der Waals surface area contributed by atoms with E-state index in [0.29, 0.717) is 5.56 Å². The molecule has 0 amide bonds. The Hall–Kier alpha value is -3.85. The molecule has 0 atom stereocenters. The van der Waals surface area contributed by atoms with E-state index in [0.717, 1.165) is 87.2 Å². The highest BCUT2D eigenvalue weighted by Crippen LogP contribution is 2.53. The van der Waals surface area contributed by atoms with Crippen molar-refractivity contribution in [3.8, 4) is 43.1 Å². The first-order valence-electron chi connectivity index (χ1n) is 16.1. The molecule has 0 bridgehead atoms. The molecule has 46 heavy (non-hydrogen) atoms. The van der Waals surface area contributed by atoms with Gasteiger partial charge in [0.25, 0.3) is 0 Å². The summed E-state index contributed by atoms with van der Waals surface area (Å²) in [5, 5.41) is 0. The maximum Gasteiger partial charge on any atom is 0.131 e. The van der Waals surface area contributed by atoms with Gasteiger partial charge in [0.15, 0.2) is 0 Å². The number of nitrogens with zero attached hydrogens (tertiary/aromatic N) is 4. The summed E-state index contributed by atoms with van der Waals surface area (Å²) in [6.07, 6.45) is 9.20. The van der Waals surface area contributed by atoms with Crippen LogP contribution in [0.25, 0.3) is 54.2 Å². The second-order valence-electron chi connectivity index (χ2n) is 11.8. The highest BCUT2D eigenvalue weighted by atomic mass is 32.1. The van der Waals surface area contributed by atoms with Gasteiger partial charge in [-0.15, -0.1) is 11.3 Å². The molecule has 1 aliphatic rings. The van der Waals surface area contributed by atoms with Crippen LogP contribution in [-0.2, 0) is 24.2 Å². The van der Waals surface area contributed by atoms with E-state index in [9.17, 15) is 0 Å². The highest BCUT2D eigenvalue weighted by Gasteiger charge is 2.27. The van der Waals surface area contributed by atoms with E-state index < -0.39 is 0 Å². The second kappa shape index (κ2) is 13.9. The lowest BCUT2D eigenvalue weighted by Gasteiger charge is -2.12. The molecule has 232 valence electrons. The number of unbranched alkanes of at least 4 members (excludes halogenated alkanes) is 4. The van der Waals surface area contributed by atoms with Gasteiger partial charge in [0.1, 0.15) is 28.2 Å². The van der Waals surface area contributed by atoms with Crippen molar-refractivity contribution in [2.75, 3.05) is 0 Å². The van der Waals surface area contributed by atoms with Crippen LogP contribution < -0.4 is 0 Å². The van der Waals surface area contributed by atoms with Gasteiger partial charge in [-0.1, -0.05) is 100 Å². The zero-order chi connectivity index (χ0) is 31.5. The quantitative estimate of drug-likeness (QED) is 0.122. The predicted octanol–water partition coefficient (Wildman–Crippen LogP) is 12.8. The molecule has 1 aliphatic heterocycles. The van der Waals surface area contributed by atoms with Crippen molar-refractivity contribution in [3.05, 3.63) is 95.8 Å². The Kier molecular flexibility index (Phi) is 9.28. The number of aryl methyl sites for hydroxylation is 2. The van der Waals surface area contributed by atoms with Gasteiger partial charge in [0.2, 0.25) is 0 Å². The summed E-state index contributed by atoms with van der Waals surface area (Å²) in [5.41, 5.74) is 11.3. The molecule has 3 heterocycles. The van der Waals surface area contributed by atoms with Crippen LogP contribution in [0.3, 0.4) is 0 Å². The first kappa shape index (κ1) is 30.8.